The topological polar surface area (TPSA) is 42.4 Å². The monoisotopic (exact) mass is 230 g/mol. The second-order valence-electron chi connectivity index (χ2n) is 4.82. The molecule has 1 aliphatic rings. The van der Waals surface area contributed by atoms with Crippen molar-refractivity contribution in [2.45, 2.75) is 25.8 Å². The third-order valence-electron chi connectivity index (χ3n) is 3.55. The summed E-state index contributed by atoms with van der Waals surface area (Å²) < 4.78 is 5.57. The molecule has 1 fully saturated rings. The van der Waals surface area contributed by atoms with Gasteiger partial charge in [-0.25, -0.2) is 0 Å². The fourth-order valence-corrected chi connectivity index (χ4v) is 2.61. The van der Waals surface area contributed by atoms with Crippen LogP contribution in [0.2, 0.25) is 0 Å². The van der Waals surface area contributed by atoms with Gasteiger partial charge >= 0.3 is 0 Å². The van der Waals surface area contributed by atoms with Crippen LogP contribution in [0.3, 0.4) is 0 Å². The molecular weight excluding hydrogens is 212 g/mol. The fraction of sp³-hybridized carbons (Fsp3) is 0.429. The van der Waals surface area contributed by atoms with E-state index in [-0.39, 0.29) is 0 Å². The van der Waals surface area contributed by atoms with E-state index in [0.717, 1.165) is 23.2 Å². The minimum absolute atomic E-state index is 0.729. The van der Waals surface area contributed by atoms with Gasteiger partial charge in [-0.2, -0.15) is 0 Å². The molecule has 0 radical (unpaired) electrons. The Balaban J connectivity index is 1.87. The summed E-state index contributed by atoms with van der Waals surface area (Å²) >= 11 is 0. The Kier molecular flexibility index (Phi) is 2.77. The van der Waals surface area contributed by atoms with E-state index >= 15 is 0 Å². The zero-order valence-corrected chi connectivity index (χ0v) is 9.98. The second kappa shape index (κ2) is 4.41. The van der Waals surface area contributed by atoms with Gasteiger partial charge in [0.2, 0.25) is 0 Å². The summed E-state index contributed by atoms with van der Waals surface area (Å²) in [5.74, 6) is 0. The predicted molar refractivity (Wildman–Crippen MR) is 69.8 cm³/mol. The third-order valence-corrected chi connectivity index (χ3v) is 3.55. The van der Waals surface area contributed by atoms with Crippen LogP contribution in [0.25, 0.3) is 11.0 Å². The molecule has 1 aromatic carbocycles. The molecule has 2 aromatic rings. The van der Waals surface area contributed by atoms with Gasteiger partial charge in [-0.1, -0.05) is 18.6 Å². The number of piperidine rings is 1. The van der Waals surface area contributed by atoms with Crippen molar-refractivity contribution in [3.05, 3.63) is 30.0 Å². The van der Waals surface area contributed by atoms with Crippen LogP contribution in [0.4, 0.5) is 5.69 Å². The standard InChI is InChI=1S/C14H18N2O/c15-13-6-4-5-12-11(10-17-14(12)13)9-16-7-2-1-3-8-16/h4-6,10H,1-3,7-9,15H2. The number of anilines is 1. The molecule has 1 saturated heterocycles. The summed E-state index contributed by atoms with van der Waals surface area (Å²) in [6.45, 7) is 3.39. The van der Waals surface area contributed by atoms with Gasteiger partial charge < -0.3 is 10.2 Å². The lowest BCUT2D eigenvalue weighted by molar-refractivity contribution is 0.221. The first-order chi connectivity index (χ1) is 8.34. The Hall–Kier alpha value is -1.48. The summed E-state index contributed by atoms with van der Waals surface area (Å²) in [4.78, 5) is 2.50. The van der Waals surface area contributed by atoms with Crippen molar-refractivity contribution < 1.29 is 4.42 Å². The van der Waals surface area contributed by atoms with Crippen molar-refractivity contribution >= 4 is 16.7 Å². The Bertz CT molecular complexity index is 512. The van der Waals surface area contributed by atoms with E-state index in [4.69, 9.17) is 10.2 Å². The fourth-order valence-electron chi connectivity index (χ4n) is 2.61. The zero-order chi connectivity index (χ0) is 11.7. The van der Waals surface area contributed by atoms with E-state index < -0.39 is 0 Å². The van der Waals surface area contributed by atoms with E-state index in [1.165, 1.54) is 37.9 Å². The molecule has 0 spiro atoms. The number of hydrogen-bond donors (Lipinski definition) is 1. The lowest BCUT2D eigenvalue weighted by Crippen LogP contribution is -2.28. The maximum atomic E-state index is 5.90. The van der Waals surface area contributed by atoms with Crippen LogP contribution in [0.15, 0.2) is 28.9 Å². The lowest BCUT2D eigenvalue weighted by Gasteiger charge is -2.25. The summed E-state index contributed by atoms with van der Waals surface area (Å²) in [5.41, 5.74) is 8.72. The summed E-state index contributed by atoms with van der Waals surface area (Å²) in [6, 6.07) is 5.97. The van der Waals surface area contributed by atoms with E-state index in [2.05, 4.69) is 11.0 Å². The summed E-state index contributed by atoms with van der Waals surface area (Å²) in [6.07, 6.45) is 5.86. The average Bonchev–Trinajstić information content (AvgIpc) is 2.76. The van der Waals surface area contributed by atoms with Crippen LogP contribution >= 0.6 is 0 Å². The molecule has 0 unspecified atom stereocenters. The first-order valence-electron chi connectivity index (χ1n) is 6.31. The maximum Gasteiger partial charge on any atom is 0.157 e. The number of furan rings is 1. The van der Waals surface area contributed by atoms with Gasteiger partial charge in [-0.3, -0.25) is 4.90 Å². The van der Waals surface area contributed by atoms with Crippen molar-refractivity contribution in [2.75, 3.05) is 18.8 Å². The Morgan fingerprint density at radius 2 is 2.00 bits per heavy atom. The van der Waals surface area contributed by atoms with E-state index in [9.17, 15) is 0 Å². The summed E-state index contributed by atoms with van der Waals surface area (Å²) in [7, 11) is 0. The minimum atomic E-state index is 0.729. The van der Waals surface area contributed by atoms with Gasteiger partial charge in [0, 0.05) is 17.5 Å². The molecular formula is C14H18N2O. The highest BCUT2D eigenvalue weighted by Gasteiger charge is 2.14. The lowest BCUT2D eigenvalue weighted by atomic mass is 10.1. The number of para-hydroxylation sites is 1. The first kappa shape index (κ1) is 10.7. The SMILES string of the molecule is Nc1cccc2c(CN3CCCCC3)coc12. The van der Waals surface area contributed by atoms with Gasteiger partial charge in [0.25, 0.3) is 0 Å². The number of fused-ring (bicyclic) bond motifs is 1. The number of nitrogens with zero attached hydrogens (tertiary/aromatic N) is 1. The molecule has 3 heteroatoms. The van der Waals surface area contributed by atoms with E-state index in [0.29, 0.717) is 0 Å². The van der Waals surface area contributed by atoms with Gasteiger partial charge in [0.1, 0.15) is 0 Å². The van der Waals surface area contributed by atoms with Crippen LogP contribution in [-0.4, -0.2) is 18.0 Å². The molecule has 2 N–H and O–H groups in total. The number of rotatable bonds is 2. The van der Waals surface area contributed by atoms with Crippen molar-refractivity contribution in [3.63, 3.8) is 0 Å². The molecule has 0 atom stereocenters. The van der Waals surface area contributed by atoms with Crippen molar-refractivity contribution in [1.82, 2.24) is 4.90 Å². The van der Waals surface area contributed by atoms with Crippen molar-refractivity contribution in [1.29, 1.82) is 0 Å². The number of nitrogens with two attached hydrogens (primary N) is 1. The smallest absolute Gasteiger partial charge is 0.157 e. The van der Waals surface area contributed by atoms with Crippen LogP contribution in [0, 0.1) is 0 Å². The molecule has 0 bridgehead atoms. The molecule has 0 aliphatic carbocycles. The van der Waals surface area contributed by atoms with E-state index in [1.54, 1.807) is 0 Å². The molecule has 3 rings (SSSR count). The van der Waals surface area contributed by atoms with E-state index in [1.807, 2.05) is 18.4 Å². The minimum Gasteiger partial charge on any atom is -0.462 e. The molecule has 1 aromatic heterocycles. The largest absolute Gasteiger partial charge is 0.462 e. The molecule has 0 saturated carbocycles. The van der Waals surface area contributed by atoms with Crippen molar-refractivity contribution in [3.8, 4) is 0 Å². The normalized spacial score (nSPS) is 17.6. The molecule has 3 nitrogen and oxygen atoms in total. The Morgan fingerprint density at radius 3 is 2.82 bits per heavy atom. The highest BCUT2D eigenvalue weighted by Crippen LogP contribution is 2.27. The van der Waals surface area contributed by atoms with Crippen LogP contribution in [-0.2, 0) is 6.54 Å². The van der Waals surface area contributed by atoms with Gasteiger partial charge in [-0.15, -0.1) is 0 Å². The predicted octanol–water partition coefficient (Wildman–Crippen LogP) is 3.00. The Morgan fingerprint density at radius 1 is 1.18 bits per heavy atom. The number of hydrogen-bond acceptors (Lipinski definition) is 3. The quantitative estimate of drug-likeness (QED) is 0.806. The number of likely N-dealkylation sites (tertiary alicyclic amines) is 1. The first-order valence-corrected chi connectivity index (χ1v) is 6.31. The molecule has 90 valence electrons. The second-order valence-corrected chi connectivity index (χ2v) is 4.82. The highest BCUT2D eigenvalue weighted by atomic mass is 16.3. The third kappa shape index (κ3) is 2.03. The van der Waals surface area contributed by atoms with Gasteiger partial charge in [0.05, 0.1) is 12.0 Å². The van der Waals surface area contributed by atoms with Crippen LogP contribution < -0.4 is 5.73 Å². The zero-order valence-electron chi connectivity index (χ0n) is 9.98. The molecule has 1 aliphatic heterocycles. The maximum absolute atomic E-state index is 5.90. The van der Waals surface area contributed by atoms with Crippen LogP contribution in [0.5, 0.6) is 0 Å². The van der Waals surface area contributed by atoms with Crippen molar-refractivity contribution in [2.24, 2.45) is 0 Å². The highest BCUT2D eigenvalue weighted by molar-refractivity contribution is 5.90. The average molecular weight is 230 g/mol. The van der Waals surface area contributed by atoms with Gasteiger partial charge in [0.15, 0.2) is 5.58 Å². The number of benzene rings is 1. The summed E-state index contributed by atoms with van der Waals surface area (Å²) in [5, 5.41) is 1.16. The van der Waals surface area contributed by atoms with Crippen LogP contribution in [0.1, 0.15) is 24.8 Å². The molecule has 2 heterocycles. The molecule has 0 amide bonds. The number of nitrogen functional groups attached to an aromatic ring is 1. The van der Waals surface area contributed by atoms with Gasteiger partial charge in [-0.05, 0) is 32.0 Å². The Labute approximate surface area is 101 Å². The molecule has 17 heavy (non-hydrogen) atoms.